The van der Waals surface area contributed by atoms with Gasteiger partial charge >= 0.3 is 0 Å². The summed E-state index contributed by atoms with van der Waals surface area (Å²) in [5.74, 6) is 0. The molecule has 0 aliphatic heterocycles. The van der Waals surface area contributed by atoms with Crippen LogP contribution in [0.2, 0.25) is 0 Å². The molecule has 0 aromatic carbocycles. The summed E-state index contributed by atoms with van der Waals surface area (Å²) < 4.78 is 10.9. The Morgan fingerprint density at radius 1 is 1.64 bits per heavy atom. The van der Waals surface area contributed by atoms with Gasteiger partial charge in [-0.15, -0.1) is 0 Å². The predicted molar refractivity (Wildman–Crippen MR) is 50.1 cm³/mol. The zero-order valence-electron chi connectivity index (χ0n) is 7.30. The van der Waals surface area contributed by atoms with Crippen LogP contribution in [-0.4, -0.2) is 35.3 Å². The Morgan fingerprint density at radius 3 is 2.73 bits per heavy atom. The monoisotopic (exact) mass is 178 g/mol. The van der Waals surface area contributed by atoms with Gasteiger partial charge in [0.1, 0.15) is 0 Å². The molecule has 0 saturated heterocycles. The molecule has 3 nitrogen and oxygen atoms in total. The Morgan fingerprint density at radius 2 is 2.27 bits per heavy atom. The van der Waals surface area contributed by atoms with Gasteiger partial charge in [-0.25, -0.2) is 0 Å². The van der Waals surface area contributed by atoms with E-state index < -0.39 is 10.8 Å². The molecular weight excluding hydrogens is 160 g/mol. The molecule has 3 N–H and O–H groups in total. The highest BCUT2D eigenvalue weighted by molar-refractivity contribution is 7.84. The van der Waals surface area contributed by atoms with E-state index in [2.05, 4.69) is 5.32 Å². The highest BCUT2D eigenvalue weighted by Gasteiger charge is 2.03. The molecule has 68 valence electrons. The second kappa shape index (κ2) is 6.76. The Hall–Kier alpha value is 0.0700. The summed E-state index contributed by atoms with van der Waals surface area (Å²) >= 11 is 0. The summed E-state index contributed by atoms with van der Waals surface area (Å²) in [6, 6.07) is 0. The zero-order chi connectivity index (χ0) is 8.69. The zero-order valence-corrected chi connectivity index (χ0v) is 8.12. The summed E-state index contributed by atoms with van der Waals surface area (Å²) in [4.78, 5) is 0. The van der Waals surface area contributed by atoms with E-state index in [0.717, 1.165) is 26.1 Å². The van der Waals surface area contributed by atoms with Crippen LogP contribution in [0, 0.1) is 0 Å². The van der Waals surface area contributed by atoms with Crippen LogP contribution in [0.1, 0.15) is 13.3 Å². The van der Waals surface area contributed by atoms with Gasteiger partial charge in [-0.1, -0.05) is 0 Å². The van der Waals surface area contributed by atoms with Crippen molar-refractivity contribution in [2.45, 2.75) is 18.6 Å². The fraction of sp³-hybridized carbons (Fsp3) is 1.00. The van der Waals surface area contributed by atoms with E-state index in [1.54, 1.807) is 6.26 Å². The molecule has 0 bridgehead atoms. The van der Waals surface area contributed by atoms with Gasteiger partial charge in [0.05, 0.1) is 0 Å². The van der Waals surface area contributed by atoms with Crippen molar-refractivity contribution in [1.29, 1.82) is 0 Å². The third-order valence-corrected chi connectivity index (χ3v) is 2.86. The Kier molecular flexibility index (Phi) is 6.80. The minimum atomic E-state index is -0.709. The molecule has 4 heteroatoms. The second-order valence-electron chi connectivity index (χ2n) is 2.66. The SMILES string of the molecule is CC(CNCCCN)S(C)=O. The molecule has 2 atom stereocenters. The standard InChI is InChI=1S/C7H18N2OS/c1-7(11(2)10)6-9-5-3-4-8/h7,9H,3-6,8H2,1-2H3. The quantitative estimate of drug-likeness (QED) is 0.549. The molecule has 0 fully saturated rings. The largest absolute Gasteiger partial charge is 0.330 e. The topological polar surface area (TPSA) is 55.1 Å². The number of nitrogens with two attached hydrogens (primary N) is 1. The van der Waals surface area contributed by atoms with Crippen LogP contribution in [0.25, 0.3) is 0 Å². The van der Waals surface area contributed by atoms with E-state index in [1.165, 1.54) is 0 Å². The van der Waals surface area contributed by atoms with Crippen molar-refractivity contribution in [3.05, 3.63) is 0 Å². The minimum Gasteiger partial charge on any atom is -0.330 e. The number of rotatable bonds is 6. The van der Waals surface area contributed by atoms with Gasteiger partial charge in [0.2, 0.25) is 0 Å². The molecule has 0 aliphatic rings. The van der Waals surface area contributed by atoms with Crippen LogP contribution >= 0.6 is 0 Å². The number of hydrogen-bond acceptors (Lipinski definition) is 3. The number of nitrogens with one attached hydrogen (secondary N) is 1. The fourth-order valence-electron chi connectivity index (χ4n) is 0.650. The first kappa shape index (κ1) is 11.1. The number of hydrogen-bond donors (Lipinski definition) is 2. The maximum absolute atomic E-state index is 10.9. The van der Waals surface area contributed by atoms with Crippen molar-refractivity contribution in [3.63, 3.8) is 0 Å². The first-order valence-corrected chi connectivity index (χ1v) is 5.53. The van der Waals surface area contributed by atoms with Crippen molar-refractivity contribution < 1.29 is 4.21 Å². The lowest BCUT2D eigenvalue weighted by Crippen LogP contribution is -2.29. The van der Waals surface area contributed by atoms with E-state index in [0.29, 0.717) is 0 Å². The first-order chi connectivity index (χ1) is 5.18. The lowest BCUT2D eigenvalue weighted by molar-refractivity contribution is 0.632. The van der Waals surface area contributed by atoms with Crippen molar-refractivity contribution in [2.24, 2.45) is 5.73 Å². The van der Waals surface area contributed by atoms with Gasteiger partial charge in [0.15, 0.2) is 0 Å². The molecule has 0 saturated carbocycles. The van der Waals surface area contributed by atoms with E-state index in [4.69, 9.17) is 5.73 Å². The Balaban J connectivity index is 3.17. The first-order valence-electron chi connectivity index (χ1n) is 3.91. The predicted octanol–water partition coefficient (Wildman–Crippen LogP) is -0.308. The molecule has 11 heavy (non-hydrogen) atoms. The average molecular weight is 178 g/mol. The van der Waals surface area contributed by atoms with Gasteiger partial charge in [0.25, 0.3) is 0 Å². The van der Waals surface area contributed by atoms with Gasteiger partial charge in [-0.2, -0.15) is 0 Å². The van der Waals surface area contributed by atoms with E-state index >= 15 is 0 Å². The molecule has 0 spiro atoms. The average Bonchev–Trinajstić information content (AvgIpc) is 1.97. The maximum atomic E-state index is 10.9. The molecule has 2 unspecified atom stereocenters. The fourth-order valence-corrected chi connectivity index (χ4v) is 1.00. The van der Waals surface area contributed by atoms with E-state index in [9.17, 15) is 4.21 Å². The molecule has 0 rings (SSSR count). The minimum absolute atomic E-state index is 0.243. The molecule has 0 aromatic heterocycles. The molecule has 0 heterocycles. The van der Waals surface area contributed by atoms with Crippen molar-refractivity contribution in [2.75, 3.05) is 25.9 Å². The van der Waals surface area contributed by atoms with Gasteiger partial charge in [0, 0.05) is 28.9 Å². The summed E-state index contributed by atoms with van der Waals surface area (Å²) in [5.41, 5.74) is 5.31. The van der Waals surface area contributed by atoms with E-state index in [1.807, 2.05) is 6.92 Å². The van der Waals surface area contributed by atoms with Crippen LogP contribution in [0.15, 0.2) is 0 Å². The third-order valence-electron chi connectivity index (χ3n) is 1.56. The Bertz CT molecular complexity index is 119. The summed E-state index contributed by atoms with van der Waals surface area (Å²) in [7, 11) is -0.709. The van der Waals surface area contributed by atoms with Crippen LogP contribution in [0.3, 0.4) is 0 Å². The van der Waals surface area contributed by atoms with Crippen LogP contribution in [0.5, 0.6) is 0 Å². The van der Waals surface area contributed by atoms with Gasteiger partial charge in [-0.3, -0.25) is 4.21 Å². The van der Waals surface area contributed by atoms with Crippen molar-refractivity contribution >= 4 is 10.8 Å². The summed E-state index contributed by atoms with van der Waals surface area (Å²) in [5, 5.41) is 3.44. The normalized spacial score (nSPS) is 16.3. The summed E-state index contributed by atoms with van der Waals surface area (Å²) in [6.45, 7) is 4.45. The Labute approximate surface area is 71.2 Å². The smallest absolute Gasteiger partial charge is 0.0441 e. The molecular formula is C7H18N2OS. The van der Waals surface area contributed by atoms with Gasteiger partial charge < -0.3 is 11.1 Å². The lowest BCUT2D eigenvalue weighted by Gasteiger charge is -2.08. The van der Waals surface area contributed by atoms with Crippen LogP contribution in [0.4, 0.5) is 0 Å². The van der Waals surface area contributed by atoms with Crippen LogP contribution < -0.4 is 11.1 Å². The third kappa shape index (κ3) is 6.47. The molecule has 0 amide bonds. The maximum Gasteiger partial charge on any atom is 0.0441 e. The molecule has 0 aliphatic carbocycles. The highest BCUT2D eigenvalue weighted by atomic mass is 32.2. The molecule has 0 aromatic rings. The molecule has 0 radical (unpaired) electrons. The van der Waals surface area contributed by atoms with Crippen molar-refractivity contribution in [3.8, 4) is 0 Å². The van der Waals surface area contributed by atoms with Gasteiger partial charge in [-0.05, 0) is 26.4 Å². The van der Waals surface area contributed by atoms with Crippen LogP contribution in [-0.2, 0) is 10.8 Å². The second-order valence-corrected chi connectivity index (χ2v) is 4.46. The van der Waals surface area contributed by atoms with Crippen molar-refractivity contribution in [1.82, 2.24) is 5.32 Å². The highest BCUT2D eigenvalue weighted by Crippen LogP contribution is 1.88. The van der Waals surface area contributed by atoms with E-state index in [-0.39, 0.29) is 5.25 Å². The summed E-state index contributed by atoms with van der Waals surface area (Å²) in [6.07, 6.45) is 2.72. The lowest BCUT2D eigenvalue weighted by atomic mass is 10.4.